The lowest BCUT2D eigenvalue weighted by Gasteiger charge is -2.07. The molecule has 0 fully saturated rings. The molecule has 0 spiro atoms. The van der Waals surface area contributed by atoms with Crippen molar-refractivity contribution >= 4 is 22.7 Å². The molecular formula is C14H17F3N2S. The van der Waals surface area contributed by atoms with Crippen molar-refractivity contribution in [3.63, 3.8) is 0 Å². The first kappa shape index (κ1) is 15.3. The van der Waals surface area contributed by atoms with Crippen LogP contribution >= 0.6 is 11.8 Å². The van der Waals surface area contributed by atoms with Gasteiger partial charge in [-0.05, 0) is 29.9 Å². The molecule has 0 aliphatic rings. The number of nitrogens with zero attached hydrogens (tertiary/aromatic N) is 1. The van der Waals surface area contributed by atoms with Gasteiger partial charge in [-0.2, -0.15) is 13.2 Å². The van der Waals surface area contributed by atoms with Gasteiger partial charge < -0.3 is 9.88 Å². The van der Waals surface area contributed by atoms with Crippen molar-refractivity contribution in [1.29, 1.82) is 0 Å². The van der Waals surface area contributed by atoms with Gasteiger partial charge in [-0.1, -0.05) is 25.1 Å². The van der Waals surface area contributed by atoms with Gasteiger partial charge in [0, 0.05) is 35.9 Å². The summed E-state index contributed by atoms with van der Waals surface area (Å²) in [5, 5.41) is 4.35. The number of aryl methyl sites for hydroxylation is 1. The summed E-state index contributed by atoms with van der Waals surface area (Å²) in [5.74, 6) is 0.0306. The third kappa shape index (κ3) is 3.93. The third-order valence-electron chi connectivity index (χ3n) is 3.03. The predicted octanol–water partition coefficient (Wildman–Crippen LogP) is 4.00. The molecule has 0 bridgehead atoms. The van der Waals surface area contributed by atoms with Crippen LogP contribution in [0.2, 0.25) is 0 Å². The Morgan fingerprint density at radius 1 is 1.25 bits per heavy atom. The molecule has 2 aromatic rings. The zero-order valence-corrected chi connectivity index (χ0v) is 12.0. The van der Waals surface area contributed by atoms with Gasteiger partial charge >= 0.3 is 5.51 Å². The number of nitrogens with one attached hydrogen (secondary N) is 1. The molecule has 2 rings (SSSR count). The van der Waals surface area contributed by atoms with Gasteiger partial charge in [0.05, 0.1) is 0 Å². The van der Waals surface area contributed by atoms with Crippen LogP contribution in [0.3, 0.4) is 0 Å². The van der Waals surface area contributed by atoms with Gasteiger partial charge in [0.15, 0.2) is 0 Å². The Morgan fingerprint density at radius 3 is 2.70 bits per heavy atom. The van der Waals surface area contributed by atoms with E-state index in [9.17, 15) is 13.2 Å². The average Bonchev–Trinajstić information content (AvgIpc) is 2.74. The van der Waals surface area contributed by atoms with Crippen molar-refractivity contribution < 1.29 is 13.2 Å². The summed E-state index contributed by atoms with van der Waals surface area (Å²) >= 11 is 0.0276. The smallest absolute Gasteiger partial charge is 0.346 e. The van der Waals surface area contributed by atoms with Crippen LogP contribution in [0.5, 0.6) is 0 Å². The molecule has 0 aliphatic carbocycles. The zero-order chi connectivity index (χ0) is 14.6. The number of hydrogen-bond donors (Lipinski definition) is 1. The standard InChI is InChI=1S/C14H17F3N2S/c1-2-18-9-11-10-19(7-8-20-14(15,16)17)13-6-4-3-5-12(11)13/h3-6,10,18H,2,7-9H2,1H3. The van der Waals surface area contributed by atoms with Crippen LogP contribution in [0, 0.1) is 0 Å². The molecule has 1 N–H and O–H groups in total. The number of halogens is 3. The Labute approximate surface area is 120 Å². The molecule has 1 aromatic carbocycles. The summed E-state index contributed by atoms with van der Waals surface area (Å²) in [4.78, 5) is 0. The fraction of sp³-hybridized carbons (Fsp3) is 0.429. The molecule has 110 valence electrons. The Balaban J connectivity index is 2.16. The molecule has 0 aliphatic heterocycles. The topological polar surface area (TPSA) is 17.0 Å². The van der Waals surface area contributed by atoms with Gasteiger partial charge in [0.2, 0.25) is 0 Å². The SMILES string of the molecule is CCNCc1cn(CCSC(F)(F)F)c2ccccc12. The second-order valence-electron chi connectivity index (χ2n) is 4.44. The van der Waals surface area contributed by atoms with Gasteiger partial charge in [0.25, 0.3) is 0 Å². The summed E-state index contributed by atoms with van der Waals surface area (Å²) in [6, 6.07) is 7.82. The number of aromatic nitrogens is 1. The normalized spacial score (nSPS) is 12.2. The van der Waals surface area contributed by atoms with Crippen LogP contribution in [-0.4, -0.2) is 22.4 Å². The first-order valence-corrected chi connectivity index (χ1v) is 7.48. The van der Waals surface area contributed by atoms with Crippen LogP contribution in [0.4, 0.5) is 13.2 Å². The molecule has 0 unspecified atom stereocenters. The number of hydrogen-bond acceptors (Lipinski definition) is 2. The van der Waals surface area contributed by atoms with E-state index >= 15 is 0 Å². The molecule has 0 radical (unpaired) electrons. The first-order valence-electron chi connectivity index (χ1n) is 6.49. The number of alkyl halides is 3. The van der Waals surface area contributed by atoms with Gasteiger partial charge in [-0.3, -0.25) is 0 Å². The number of benzene rings is 1. The van der Waals surface area contributed by atoms with Crippen LogP contribution in [0.25, 0.3) is 10.9 Å². The molecule has 0 amide bonds. The van der Waals surface area contributed by atoms with Crippen LogP contribution in [0.1, 0.15) is 12.5 Å². The summed E-state index contributed by atoms with van der Waals surface area (Å²) in [5.41, 5.74) is -2.04. The molecule has 0 saturated heterocycles. The highest BCUT2D eigenvalue weighted by Crippen LogP contribution is 2.30. The maximum Gasteiger partial charge on any atom is 0.441 e. The molecule has 1 aromatic heterocycles. The predicted molar refractivity (Wildman–Crippen MR) is 77.8 cm³/mol. The van der Waals surface area contributed by atoms with Crippen molar-refractivity contribution in [2.75, 3.05) is 12.3 Å². The van der Waals surface area contributed by atoms with E-state index in [1.54, 1.807) is 0 Å². The molecule has 1 heterocycles. The summed E-state index contributed by atoms with van der Waals surface area (Å²) in [6.07, 6.45) is 1.95. The van der Waals surface area contributed by atoms with E-state index in [0.29, 0.717) is 6.54 Å². The summed E-state index contributed by atoms with van der Waals surface area (Å²) in [6.45, 7) is 3.98. The molecule has 6 heteroatoms. The second kappa shape index (κ2) is 6.54. The Hall–Kier alpha value is -1.14. The van der Waals surface area contributed by atoms with Crippen molar-refractivity contribution in [1.82, 2.24) is 9.88 Å². The Morgan fingerprint density at radius 2 is 2.00 bits per heavy atom. The van der Waals surface area contributed by atoms with E-state index in [4.69, 9.17) is 0 Å². The number of para-hydroxylation sites is 1. The lowest BCUT2D eigenvalue weighted by Crippen LogP contribution is -2.11. The first-order chi connectivity index (χ1) is 9.51. The molecule has 20 heavy (non-hydrogen) atoms. The fourth-order valence-corrected chi connectivity index (χ4v) is 2.69. The minimum Gasteiger partial charge on any atom is -0.346 e. The van der Waals surface area contributed by atoms with E-state index in [-0.39, 0.29) is 17.5 Å². The molecular weight excluding hydrogens is 285 g/mol. The average molecular weight is 302 g/mol. The largest absolute Gasteiger partial charge is 0.441 e. The van der Waals surface area contributed by atoms with E-state index in [1.165, 1.54) is 0 Å². The highest BCUT2D eigenvalue weighted by Gasteiger charge is 2.27. The second-order valence-corrected chi connectivity index (χ2v) is 5.60. The van der Waals surface area contributed by atoms with Crippen LogP contribution < -0.4 is 5.32 Å². The lowest BCUT2D eigenvalue weighted by molar-refractivity contribution is -0.0328. The highest BCUT2D eigenvalue weighted by molar-refractivity contribution is 8.00. The van der Waals surface area contributed by atoms with Crippen molar-refractivity contribution in [2.45, 2.75) is 25.5 Å². The van der Waals surface area contributed by atoms with Crippen LogP contribution in [0.15, 0.2) is 30.5 Å². The Kier molecular flexibility index (Phi) is 4.99. The quantitative estimate of drug-likeness (QED) is 0.868. The molecule has 0 saturated carbocycles. The minimum absolute atomic E-state index is 0.0276. The van der Waals surface area contributed by atoms with E-state index in [0.717, 1.165) is 29.6 Å². The van der Waals surface area contributed by atoms with E-state index < -0.39 is 5.51 Å². The number of rotatable bonds is 6. The minimum atomic E-state index is -4.16. The number of fused-ring (bicyclic) bond motifs is 1. The van der Waals surface area contributed by atoms with E-state index in [1.807, 2.05) is 42.0 Å². The molecule has 0 atom stereocenters. The van der Waals surface area contributed by atoms with Crippen molar-refractivity contribution in [2.24, 2.45) is 0 Å². The zero-order valence-electron chi connectivity index (χ0n) is 11.2. The van der Waals surface area contributed by atoms with Gasteiger partial charge in [0.1, 0.15) is 0 Å². The lowest BCUT2D eigenvalue weighted by atomic mass is 10.2. The van der Waals surface area contributed by atoms with Crippen molar-refractivity contribution in [3.05, 3.63) is 36.0 Å². The number of thioether (sulfide) groups is 1. The fourth-order valence-electron chi connectivity index (χ4n) is 2.17. The van der Waals surface area contributed by atoms with E-state index in [2.05, 4.69) is 5.32 Å². The molecule has 2 nitrogen and oxygen atoms in total. The Bertz CT molecular complexity index is 563. The van der Waals surface area contributed by atoms with Crippen LogP contribution in [-0.2, 0) is 13.1 Å². The van der Waals surface area contributed by atoms with Gasteiger partial charge in [-0.15, -0.1) is 0 Å². The third-order valence-corrected chi connectivity index (χ3v) is 3.75. The van der Waals surface area contributed by atoms with Gasteiger partial charge in [-0.25, -0.2) is 0 Å². The summed E-state index contributed by atoms with van der Waals surface area (Å²) < 4.78 is 38.5. The maximum atomic E-state index is 12.2. The monoisotopic (exact) mass is 302 g/mol. The highest BCUT2D eigenvalue weighted by atomic mass is 32.2. The summed E-state index contributed by atoms with van der Waals surface area (Å²) in [7, 11) is 0. The maximum absolute atomic E-state index is 12.2. The van der Waals surface area contributed by atoms with Crippen molar-refractivity contribution in [3.8, 4) is 0 Å².